The number of nitrogens with one attached hydrogen (secondary N) is 2. The van der Waals surface area contributed by atoms with Crippen molar-refractivity contribution >= 4 is 68.1 Å². The van der Waals surface area contributed by atoms with E-state index in [1.165, 1.54) is 12.1 Å². The maximum atomic E-state index is 12.2. The Hall–Kier alpha value is -1.05. The average molecular weight is 410 g/mol. The smallest absolute Gasteiger partial charge is 0.255 e. The van der Waals surface area contributed by atoms with Crippen molar-refractivity contribution in [3.63, 3.8) is 0 Å². The Morgan fingerprint density at radius 3 is 2.33 bits per heavy atom. The molecule has 9 heteroatoms. The molecule has 0 saturated heterocycles. The van der Waals surface area contributed by atoms with E-state index in [0.29, 0.717) is 20.2 Å². The maximum Gasteiger partial charge on any atom is 0.255 e. The number of rotatable bonds is 3. The first-order valence-corrected chi connectivity index (χ1v) is 7.43. The number of pyridine rings is 1. The third-order valence-corrected chi connectivity index (χ3v) is 3.70. The number of aromatic nitrogens is 1. The number of hydrogen-bond acceptors (Lipinski definition) is 4. The lowest BCUT2D eigenvalue weighted by Gasteiger charge is -2.11. The summed E-state index contributed by atoms with van der Waals surface area (Å²) in [4.78, 5) is 16.1. The predicted molar refractivity (Wildman–Crippen MR) is 89.2 cm³/mol. The van der Waals surface area contributed by atoms with E-state index in [0.717, 1.165) is 0 Å². The van der Waals surface area contributed by atoms with Gasteiger partial charge < -0.3 is 10.7 Å². The van der Waals surface area contributed by atoms with Gasteiger partial charge in [-0.05, 0) is 24.3 Å². The fourth-order valence-electron chi connectivity index (χ4n) is 1.55. The summed E-state index contributed by atoms with van der Waals surface area (Å²) >= 11 is 21.2. The summed E-state index contributed by atoms with van der Waals surface area (Å²) in [6.07, 6.45) is 0. The summed E-state index contributed by atoms with van der Waals surface area (Å²) in [7, 11) is 0. The number of halogens is 4. The molecule has 1 heterocycles. The predicted octanol–water partition coefficient (Wildman–Crippen LogP) is 4.34. The summed E-state index contributed by atoms with van der Waals surface area (Å²) in [5.41, 5.74) is 2.89. The number of nitrogen functional groups attached to an aromatic ring is 1. The molecule has 110 valence electrons. The molecule has 0 unspecified atom stereocenters. The second-order valence-corrected chi connectivity index (χ2v) is 6.02. The van der Waals surface area contributed by atoms with Crippen LogP contribution in [-0.2, 0) is 0 Å². The number of anilines is 2. The molecule has 0 bridgehead atoms. The fraction of sp³-hybridized carbons (Fsp3) is 0. The van der Waals surface area contributed by atoms with Gasteiger partial charge in [-0.3, -0.25) is 4.79 Å². The lowest BCUT2D eigenvalue weighted by molar-refractivity contribution is 0.102. The second kappa shape index (κ2) is 6.81. The van der Waals surface area contributed by atoms with Crippen molar-refractivity contribution in [2.45, 2.75) is 0 Å². The Kier molecular flexibility index (Phi) is 5.29. The number of nitrogens with zero attached hydrogens (tertiary/aromatic N) is 1. The van der Waals surface area contributed by atoms with Gasteiger partial charge in [0.15, 0.2) is 0 Å². The number of hydrogen-bond donors (Lipinski definition) is 3. The highest BCUT2D eigenvalue weighted by atomic mass is 79.9. The van der Waals surface area contributed by atoms with E-state index in [1.54, 1.807) is 12.1 Å². The molecule has 5 nitrogen and oxygen atoms in total. The molecular weight excluding hydrogens is 402 g/mol. The van der Waals surface area contributed by atoms with Crippen molar-refractivity contribution in [3.8, 4) is 0 Å². The van der Waals surface area contributed by atoms with Gasteiger partial charge in [0.2, 0.25) is 0 Å². The van der Waals surface area contributed by atoms with E-state index in [9.17, 15) is 4.79 Å². The van der Waals surface area contributed by atoms with Crippen molar-refractivity contribution < 1.29 is 4.79 Å². The minimum absolute atomic E-state index is 0.128. The number of nitrogens with two attached hydrogens (primary N) is 1. The van der Waals surface area contributed by atoms with Crippen molar-refractivity contribution in [3.05, 3.63) is 49.5 Å². The van der Waals surface area contributed by atoms with Crippen LogP contribution >= 0.6 is 50.7 Å². The molecule has 0 aliphatic carbocycles. The van der Waals surface area contributed by atoms with Crippen LogP contribution in [-0.4, -0.2) is 10.9 Å². The van der Waals surface area contributed by atoms with E-state index >= 15 is 0 Å². The van der Waals surface area contributed by atoms with E-state index in [4.69, 9.17) is 40.6 Å². The Labute approximate surface area is 143 Å². The minimum atomic E-state index is -0.443. The summed E-state index contributed by atoms with van der Waals surface area (Å²) in [5, 5.41) is 3.36. The van der Waals surface area contributed by atoms with Gasteiger partial charge in [-0.25, -0.2) is 10.8 Å². The third-order valence-electron chi connectivity index (χ3n) is 2.45. The van der Waals surface area contributed by atoms with Crippen LogP contribution < -0.4 is 16.6 Å². The summed E-state index contributed by atoms with van der Waals surface area (Å²) in [6, 6.07) is 6.09. The Balaban J connectivity index is 2.32. The second-order valence-electron chi connectivity index (χ2n) is 3.91. The van der Waals surface area contributed by atoms with Crippen LogP contribution in [0.2, 0.25) is 15.2 Å². The molecule has 0 radical (unpaired) electrons. The largest absolute Gasteiger partial charge is 0.319 e. The van der Waals surface area contributed by atoms with E-state index in [-0.39, 0.29) is 16.5 Å². The van der Waals surface area contributed by atoms with E-state index in [2.05, 4.69) is 31.7 Å². The molecule has 21 heavy (non-hydrogen) atoms. The molecule has 1 aromatic heterocycles. The van der Waals surface area contributed by atoms with Crippen LogP contribution in [0.25, 0.3) is 0 Å². The molecule has 1 aromatic carbocycles. The fourth-order valence-corrected chi connectivity index (χ4v) is 3.06. The Bertz CT molecular complexity index is 688. The zero-order valence-electron chi connectivity index (χ0n) is 10.3. The first-order chi connectivity index (χ1) is 9.90. The lowest BCUT2D eigenvalue weighted by Crippen LogP contribution is -2.15. The van der Waals surface area contributed by atoms with Gasteiger partial charge >= 0.3 is 0 Å². The van der Waals surface area contributed by atoms with Crippen LogP contribution in [0.5, 0.6) is 0 Å². The van der Waals surface area contributed by atoms with E-state index in [1.807, 2.05) is 0 Å². The molecule has 0 saturated carbocycles. The molecular formula is C12H8BrCl3N4O. The normalized spacial score (nSPS) is 10.3. The molecule has 2 rings (SSSR count). The molecule has 0 spiro atoms. The maximum absolute atomic E-state index is 12.2. The molecule has 0 fully saturated rings. The first-order valence-electron chi connectivity index (χ1n) is 5.51. The summed E-state index contributed by atoms with van der Waals surface area (Å²) in [5.74, 6) is 5.08. The highest BCUT2D eigenvalue weighted by Crippen LogP contribution is 2.34. The zero-order valence-corrected chi connectivity index (χ0v) is 14.1. The summed E-state index contributed by atoms with van der Waals surface area (Å²) in [6.45, 7) is 0. The molecule has 1 amide bonds. The Morgan fingerprint density at radius 1 is 1.14 bits per heavy atom. The van der Waals surface area contributed by atoms with Gasteiger partial charge in [0, 0.05) is 10.0 Å². The van der Waals surface area contributed by atoms with Gasteiger partial charge in [0.1, 0.15) is 11.0 Å². The van der Waals surface area contributed by atoms with Crippen LogP contribution in [0.1, 0.15) is 10.4 Å². The van der Waals surface area contributed by atoms with Gasteiger partial charge in [-0.1, -0.05) is 50.7 Å². The molecule has 2 aromatic rings. The Morgan fingerprint density at radius 2 is 1.76 bits per heavy atom. The lowest BCUT2D eigenvalue weighted by atomic mass is 10.2. The molecule has 0 aliphatic rings. The minimum Gasteiger partial charge on any atom is -0.319 e. The standard InChI is InChI=1S/C12H8BrCl3N4O/c13-6-3-7(14)11(8(15)4-6)19-12(21)5-1-9(16)18-10(2-5)20-17/h1-4H,17H2,(H,18,20)(H,19,21). The number of carbonyl (C=O) groups excluding carboxylic acids is 1. The third kappa shape index (κ3) is 3.99. The van der Waals surface area contributed by atoms with Crippen LogP contribution in [0.4, 0.5) is 11.5 Å². The van der Waals surface area contributed by atoms with Crippen molar-refractivity contribution in [1.82, 2.24) is 4.98 Å². The first kappa shape index (κ1) is 16.3. The van der Waals surface area contributed by atoms with Crippen LogP contribution in [0.15, 0.2) is 28.7 Å². The highest BCUT2D eigenvalue weighted by Gasteiger charge is 2.14. The SMILES string of the molecule is NNc1cc(C(=O)Nc2c(Cl)cc(Br)cc2Cl)cc(Cl)n1. The number of hydrazine groups is 1. The van der Waals surface area contributed by atoms with Gasteiger partial charge in [-0.15, -0.1) is 0 Å². The monoisotopic (exact) mass is 408 g/mol. The van der Waals surface area contributed by atoms with Crippen molar-refractivity contribution in [2.24, 2.45) is 5.84 Å². The van der Waals surface area contributed by atoms with Gasteiger partial charge in [0.05, 0.1) is 15.7 Å². The van der Waals surface area contributed by atoms with E-state index < -0.39 is 5.91 Å². The number of amides is 1. The quantitative estimate of drug-likeness (QED) is 0.399. The molecule has 0 aliphatic heterocycles. The van der Waals surface area contributed by atoms with Gasteiger partial charge in [-0.2, -0.15) is 0 Å². The number of benzene rings is 1. The van der Waals surface area contributed by atoms with Crippen molar-refractivity contribution in [2.75, 3.05) is 10.7 Å². The van der Waals surface area contributed by atoms with Crippen molar-refractivity contribution in [1.29, 1.82) is 0 Å². The van der Waals surface area contributed by atoms with Gasteiger partial charge in [0.25, 0.3) is 5.91 Å². The number of carbonyl (C=O) groups is 1. The summed E-state index contributed by atoms with van der Waals surface area (Å²) < 4.78 is 0.706. The average Bonchev–Trinajstić information content (AvgIpc) is 2.41. The van der Waals surface area contributed by atoms with Crippen LogP contribution in [0, 0.1) is 0 Å². The highest BCUT2D eigenvalue weighted by molar-refractivity contribution is 9.10. The molecule has 4 N–H and O–H groups in total. The topological polar surface area (TPSA) is 80.0 Å². The molecule has 0 atom stereocenters. The van der Waals surface area contributed by atoms with Crippen LogP contribution in [0.3, 0.4) is 0 Å². The zero-order chi connectivity index (χ0) is 15.6.